The first-order valence-electron chi connectivity index (χ1n) is 8.99. The van der Waals surface area contributed by atoms with Crippen molar-refractivity contribution in [1.29, 1.82) is 0 Å². The van der Waals surface area contributed by atoms with Crippen LogP contribution in [0.2, 0.25) is 0 Å². The van der Waals surface area contributed by atoms with Crippen molar-refractivity contribution in [3.05, 3.63) is 59.4 Å². The molecule has 6 nitrogen and oxygen atoms in total. The van der Waals surface area contributed by atoms with E-state index in [1.165, 1.54) is 31.2 Å². The lowest BCUT2D eigenvalue weighted by Crippen LogP contribution is -2.48. The molecule has 0 unspecified atom stereocenters. The monoisotopic (exact) mass is 406 g/mol. The third kappa shape index (κ3) is 4.51. The molecule has 1 aliphatic heterocycles. The van der Waals surface area contributed by atoms with Crippen LogP contribution >= 0.6 is 0 Å². The van der Waals surface area contributed by atoms with Gasteiger partial charge in [0.2, 0.25) is 0 Å². The van der Waals surface area contributed by atoms with Gasteiger partial charge in [-0.15, -0.1) is 0 Å². The van der Waals surface area contributed by atoms with E-state index < -0.39 is 15.8 Å². The summed E-state index contributed by atoms with van der Waals surface area (Å²) < 4.78 is 46.4. The Morgan fingerprint density at radius 3 is 2.29 bits per heavy atom. The van der Waals surface area contributed by atoms with Crippen molar-refractivity contribution >= 4 is 21.6 Å². The molecule has 150 valence electrons. The summed E-state index contributed by atoms with van der Waals surface area (Å²) >= 11 is 0. The maximum atomic E-state index is 13.4. The van der Waals surface area contributed by atoms with Crippen molar-refractivity contribution in [3.63, 3.8) is 0 Å². The van der Waals surface area contributed by atoms with Gasteiger partial charge in [-0.25, -0.2) is 12.8 Å². The average Bonchev–Trinajstić information content (AvgIpc) is 2.63. The summed E-state index contributed by atoms with van der Waals surface area (Å²) in [6.45, 7) is 6.38. The number of halogens is 1. The second kappa shape index (κ2) is 7.89. The van der Waals surface area contributed by atoms with Gasteiger partial charge in [-0.1, -0.05) is 0 Å². The molecule has 1 heterocycles. The van der Waals surface area contributed by atoms with Crippen molar-refractivity contribution in [2.24, 2.45) is 0 Å². The molecule has 0 spiro atoms. The molecule has 1 amide bonds. The van der Waals surface area contributed by atoms with E-state index >= 15 is 0 Å². The lowest BCUT2D eigenvalue weighted by Gasteiger charge is -2.35. The molecule has 2 atom stereocenters. The molecule has 1 saturated heterocycles. The quantitative estimate of drug-likeness (QED) is 0.846. The van der Waals surface area contributed by atoms with Crippen LogP contribution in [0.15, 0.2) is 47.4 Å². The van der Waals surface area contributed by atoms with E-state index in [-0.39, 0.29) is 28.6 Å². The van der Waals surface area contributed by atoms with Gasteiger partial charge in [0.05, 0.1) is 17.1 Å². The highest BCUT2D eigenvalue weighted by Gasteiger charge is 2.26. The van der Waals surface area contributed by atoms with Crippen LogP contribution in [0, 0.1) is 12.7 Å². The molecule has 0 radical (unpaired) electrons. The molecule has 2 aromatic rings. The Morgan fingerprint density at radius 2 is 1.71 bits per heavy atom. The molecule has 0 aliphatic carbocycles. The maximum absolute atomic E-state index is 13.4. The summed E-state index contributed by atoms with van der Waals surface area (Å²) in [5, 5.41) is 0. The molecule has 0 bridgehead atoms. The van der Waals surface area contributed by atoms with Gasteiger partial charge in [-0.3, -0.25) is 9.52 Å². The molecule has 3 rings (SSSR count). The Bertz CT molecular complexity index is 966. The maximum Gasteiger partial charge on any atom is 0.261 e. The fourth-order valence-electron chi connectivity index (χ4n) is 3.21. The minimum absolute atomic E-state index is 0.0251. The number of nitrogens with zero attached hydrogens (tertiary/aromatic N) is 1. The van der Waals surface area contributed by atoms with Crippen LogP contribution in [-0.2, 0) is 14.8 Å². The van der Waals surface area contributed by atoms with Gasteiger partial charge in [0, 0.05) is 24.3 Å². The number of benzene rings is 2. The Hall–Kier alpha value is -2.45. The van der Waals surface area contributed by atoms with E-state index in [9.17, 15) is 17.6 Å². The molecule has 2 aromatic carbocycles. The van der Waals surface area contributed by atoms with Crippen LogP contribution in [0.25, 0.3) is 0 Å². The first-order chi connectivity index (χ1) is 13.2. The Morgan fingerprint density at radius 1 is 1.11 bits per heavy atom. The fraction of sp³-hybridized carbons (Fsp3) is 0.350. The van der Waals surface area contributed by atoms with E-state index in [1.807, 2.05) is 13.8 Å². The minimum Gasteiger partial charge on any atom is -0.372 e. The van der Waals surface area contributed by atoms with Gasteiger partial charge in [0.15, 0.2) is 0 Å². The van der Waals surface area contributed by atoms with Crippen LogP contribution in [0.3, 0.4) is 0 Å². The number of hydrogen-bond acceptors (Lipinski definition) is 4. The highest BCUT2D eigenvalue weighted by atomic mass is 32.2. The molecular formula is C20H23FN2O4S. The predicted molar refractivity (Wildman–Crippen MR) is 104 cm³/mol. The number of hydrogen-bond donors (Lipinski definition) is 1. The normalized spacial score (nSPS) is 20.1. The third-order valence-electron chi connectivity index (χ3n) is 4.53. The number of ether oxygens (including phenoxy) is 1. The zero-order valence-electron chi connectivity index (χ0n) is 16.0. The number of anilines is 1. The van der Waals surface area contributed by atoms with E-state index in [2.05, 4.69) is 4.72 Å². The number of sulfonamides is 1. The van der Waals surface area contributed by atoms with Crippen LogP contribution in [-0.4, -0.2) is 44.5 Å². The summed E-state index contributed by atoms with van der Waals surface area (Å²) in [5.41, 5.74) is 1.04. The Balaban J connectivity index is 1.73. The van der Waals surface area contributed by atoms with E-state index in [0.29, 0.717) is 24.3 Å². The zero-order valence-corrected chi connectivity index (χ0v) is 16.8. The standard InChI is InChI=1S/C20H23FN2O4S/c1-13-10-18(8-9-19(13)21)28(25,26)22-17-6-4-16(5-7-17)20(24)23-11-14(2)27-15(3)12-23/h4-10,14-15,22H,11-12H2,1-3H3/t14-,15-/m0/s1. The van der Waals surface area contributed by atoms with Gasteiger partial charge < -0.3 is 9.64 Å². The Kier molecular flexibility index (Phi) is 5.71. The molecule has 28 heavy (non-hydrogen) atoms. The van der Waals surface area contributed by atoms with E-state index in [1.54, 1.807) is 17.0 Å². The zero-order chi connectivity index (χ0) is 20.5. The summed E-state index contributed by atoms with van der Waals surface area (Å²) in [6, 6.07) is 9.85. The topological polar surface area (TPSA) is 75.7 Å². The van der Waals surface area contributed by atoms with Crippen molar-refractivity contribution < 1.29 is 22.3 Å². The van der Waals surface area contributed by atoms with E-state index in [4.69, 9.17) is 4.74 Å². The second-order valence-electron chi connectivity index (χ2n) is 7.06. The molecule has 8 heteroatoms. The molecule has 0 aromatic heterocycles. The number of morpholine rings is 1. The predicted octanol–water partition coefficient (Wildman–Crippen LogP) is 3.18. The van der Waals surface area contributed by atoms with Crippen LogP contribution in [0.4, 0.5) is 10.1 Å². The smallest absolute Gasteiger partial charge is 0.261 e. The molecule has 1 aliphatic rings. The molecular weight excluding hydrogens is 383 g/mol. The first-order valence-corrected chi connectivity index (χ1v) is 10.5. The van der Waals surface area contributed by atoms with Crippen LogP contribution in [0.5, 0.6) is 0 Å². The minimum atomic E-state index is -3.85. The summed E-state index contributed by atoms with van der Waals surface area (Å²) in [7, 11) is -3.85. The average molecular weight is 406 g/mol. The second-order valence-corrected chi connectivity index (χ2v) is 8.74. The van der Waals surface area contributed by atoms with Crippen molar-refractivity contribution in [2.75, 3.05) is 17.8 Å². The van der Waals surface area contributed by atoms with Crippen molar-refractivity contribution in [3.8, 4) is 0 Å². The summed E-state index contributed by atoms with van der Waals surface area (Å²) in [6.07, 6.45) is -0.0594. The highest BCUT2D eigenvalue weighted by molar-refractivity contribution is 7.92. The van der Waals surface area contributed by atoms with Gasteiger partial charge in [0.25, 0.3) is 15.9 Å². The number of amides is 1. The molecule has 1 fully saturated rings. The number of aryl methyl sites for hydroxylation is 1. The van der Waals surface area contributed by atoms with Gasteiger partial charge in [-0.2, -0.15) is 0 Å². The van der Waals surface area contributed by atoms with Crippen LogP contribution < -0.4 is 4.72 Å². The number of rotatable bonds is 4. The molecule has 1 N–H and O–H groups in total. The lowest BCUT2D eigenvalue weighted by atomic mass is 10.1. The van der Waals surface area contributed by atoms with E-state index in [0.717, 1.165) is 6.07 Å². The fourth-order valence-corrected chi connectivity index (χ4v) is 4.35. The Labute approximate surface area is 164 Å². The molecule has 0 saturated carbocycles. The van der Waals surface area contributed by atoms with Crippen LogP contribution in [0.1, 0.15) is 29.8 Å². The third-order valence-corrected chi connectivity index (χ3v) is 5.91. The van der Waals surface area contributed by atoms with Gasteiger partial charge >= 0.3 is 0 Å². The highest BCUT2D eigenvalue weighted by Crippen LogP contribution is 2.20. The summed E-state index contributed by atoms with van der Waals surface area (Å²) in [4.78, 5) is 14.4. The van der Waals surface area contributed by atoms with Crippen molar-refractivity contribution in [2.45, 2.75) is 37.9 Å². The van der Waals surface area contributed by atoms with Gasteiger partial charge in [-0.05, 0) is 68.8 Å². The lowest BCUT2D eigenvalue weighted by molar-refractivity contribution is -0.0586. The largest absolute Gasteiger partial charge is 0.372 e. The van der Waals surface area contributed by atoms with Crippen molar-refractivity contribution in [1.82, 2.24) is 4.90 Å². The number of carbonyl (C=O) groups is 1. The number of nitrogens with one attached hydrogen (secondary N) is 1. The SMILES string of the molecule is Cc1cc(S(=O)(=O)Nc2ccc(C(=O)N3C[C@H](C)O[C@@H](C)C3)cc2)ccc1F. The van der Waals surface area contributed by atoms with Gasteiger partial charge in [0.1, 0.15) is 5.82 Å². The first kappa shape index (κ1) is 20.3. The number of carbonyl (C=O) groups excluding carboxylic acids is 1. The summed E-state index contributed by atoms with van der Waals surface area (Å²) in [5.74, 6) is -0.584.